The van der Waals surface area contributed by atoms with Crippen LogP contribution < -0.4 is 10.1 Å². The molecule has 0 unspecified atom stereocenters. The van der Waals surface area contributed by atoms with Gasteiger partial charge < -0.3 is 14.6 Å². The van der Waals surface area contributed by atoms with E-state index >= 15 is 0 Å². The Kier molecular flexibility index (Phi) is 6.47. The van der Waals surface area contributed by atoms with Crippen LogP contribution in [0.25, 0.3) is 11.8 Å². The van der Waals surface area contributed by atoms with Crippen LogP contribution in [-0.2, 0) is 4.79 Å². The number of aliphatic imine (C=N–C) groups is 1. The summed E-state index contributed by atoms with van der Waals surface area (Å²) in [6, 6.07) is 14.1. The second-order valence-corrected chi connectivity index (χ2v) is 9.35. The number of benzene rings is 2. The van der Waals surface area contributed by atoms with Gasteiger partial charge in [-0.2, -0.15) is 0 Å². The minimum atomic E-state index is -0.128. The molecule has 0 radical (unpaired) electrons. The number of ether oxygens (including phenoxy) is 1. The van der Waals surface area contributed by atoms with Crippen molar-refractivity contribution in [2.45, 2.75) is 41.5 Å². The molecule has 0 aliphatic carbocycles. The number of aryl methyl sites for hydroxylation is 4. The summed E-state index contributed by atoms with van der Waals surface area (Å²) >= 11 is 1.36. The Balaban J connectivity index is 1.63. The summed E-state index contributed by atoms with van der Waals surface area (Å²) in [5, 5.41) is 3.46. The van der Waals surface area contributed by atoms with Gasteiger partial charge in [-0.25, -0.2) is 4.99 Å². The molecule has 5 nitrogen and oxygen atoms in total. The van der Waals surface area contributed by atoms with Crippen molar-refractivity contribution in [2.75, 3.05) is 6.61 Å². The molecule has 0 bridgehead atoms. The van der Waals surface area contributed by atoms with Gasteiger partial charge in [0, 0.05) is 11.4 Å². The third-order valence-electron chi connectivity index (χ3n) is 5.65. The van der Waals surface area contributed by atoms with Crippen LogP contribution in [0.1, 0.15) is 40.6 Å². The van der Waals surface area contributed by atoms with Crippen molar-refractivity contribution in [2.24, 2.45) is 4.99 Å². The molecule has 3 aromatic rings. The second-order valence-electron chi connectivity index (χ2n) is 8.32. The summed E-state index contributed by atoms with van der Waals surface area (Å²) in [5.74, 6) is 0.678. The van der Waals surface area contributed by atoms with Crippen molar-refractivity contribution in [1.29, 1.82) is 0 Å². The van der Waals surface area contributed by atoms with Crippen LogP contribution in [0.2, 0.25) is 0 Å². The quantitative estimate of drug-likeness (QED) is 0.455. The van der Waals surface area contributed by atoms with E-state index in [-0.39, 0.29) is 5.91 Å². The van der Waals surface area contributed by atoms with Crippen molar-refractivity contribution >= 4 is 34.6 Å². The number of amides is 1. The number of hydrogen-bond acceptors (Lipinski definition) is 4. The highest BCUT2D eigenvalue weighted by Gasteiger charge is 2.25. The lowest BCUT2D eigenvalue weighted by atomic mass is 10.0. The third kappa shape index (κ3) is 4.76. The standard InChI is InChI=1S/C27H29N3O2S/c1-7-32-23-10-8-22(9-11-23)28-27-29-26(31)24(33-27)15-21-14-19(5)30(20(21)6)25-17(3)12-16(2)13-18(25)4/h8-15H,7H2,1-6H3,(H,28,29,31)/b24-15+. The second kappa shape index (κ2) is 9.32. The normalized spacial score (nSPS) is 16.0. The van der Waals surface area contributed by atoms with E-state index in [1.165, 1.54) is 34.1 Å². The number of nitrogens with one attached hydrogen (secondary N) is 1. The maximum Gasteiger partial charge on any atom is 0.264 e. The van der Waals surface area contributed by atoms with Gasteiger partial charge in [-0.3, -0.25) is 4.79 Å². The number of nitrogens with zero attached hydrogens (tertiary/aromatic N) is 2. The van der Waals surface area contributed by atoms with Crippen LogP contribution in [0.4, 0.5) is 5.69 Å². The van der Waals surface area contributed by atoms with E-state index in [0.29, 0.717) is 16.7 Å². The molecule has 4 rings (SSSR count). The molecule has 1 fully saturated rings. The summed E-state index contributed by atoms with van der Waals surface area (Å²) in [6.45, 7) is 13.2. The predicted molar refractivity (Wildman–Crippen MR) is 138 cm³/mol. The van der Waals surface area contributed by atoms with Crippen LogP contribution in [0.5, 0.6) is 5.75 Å². The maximum absolute atomic E-state index is 12.6. The molecular weight excluding hydrogens is 430 g/mol. The number of carbonyl (C=O) groups excluding carboxylic acids is 1. The minimum Gasteiger partial charge on any atom is -0.494 e. The number of thioether (sulfide) groups is 1. The summed E-state index contributed by atoms with van der Waals surface area (Å²) in [5.41, 5.74) is 9.01. The fourth-order valence-electron chi connectivity index (χ4n) is 4.33. The third-order valence-corrected chi connectivity index (χ3v) is 6.55. The molecule has 33 heavy (non-hydrogen) atoms. The number of carbonyl (C=O) groups is 1. The average Bonchev–Trinajstić information content (AvgIpc) is 3.22. The molecule has 1 aromatic heterocycles. The largest absolute Gasteiger partial charge is 0.494 e. The number of amidine groups is 1. The molecule has 2 heterocycles. The molecule has 0 atom stereocenters. The van der Waals surface area contributed by atoms with Gasteiger partial charge in [-0.05, 0) is 106 Å². The van der Waals surface area contributed by atoms with E-state index in [2.05, 4.69) is 67.7 Å². The highest BCUT2D eigenvalue weighted by molar-refractivity contribution is 8.18. The van der Waals surface area contributed by atoms with E-state index in [0.717, 1.165) is 28.4 Å². The van der Waals surface area contributed by atoms with Crippen LogP contribution in [-0.4, -0.2) is 22.2 Å². The van der Waals surface area contributed by atoms with Crippen molar-refractivity contribution in [3.05, 3.63) is 81.0 Å². The Labute approximate surface area is 199 Å². The van der Waals surface area contributed by atoms with Gasteiger partial charge in [0.15, 0.2) is 5.17 Å². The Hall–Kier alpha value is -3.25. The Morgan fingerprint density at radius 2 is 1.70 bits per heavy atom. The van der Waals surface area contributed by atoms with Crippen LogP contribution in [0.15, 0.2) is 52.4 Å². The molecule has 6 heteroatoms. The lowest BCUT2D eigenvalue weighted by Crippen LogP contribution is -2.19. The number of rotatable bonds is 5. The Morgan fingerprint density at radius 1 is 1.03 bits per heavy atom. The van der Waals surface area contributed by atoms with E-state index in [1.54, 1.807) is 0 Å². The average molecular weight is 460 g/mol. The van der Waals surface area contributed by atoms with Crippen molar-refractivity contribution < 1.29 is 9.53 Å². The molecule has 1 amide bonds. The SMILES string of the molecule is CCOc1ccc(N=C2NC(=O)/C(=C\c3cc(C)n(-c4c(C)cc(C)cc4C)c3C)S2)cc1. The molecule has 170 valence electrons. The first-order valence-electron chi connectivity index (χ1n) is 11.1. The molecular formula is C27H29N3O2S. The Bertz CT molecular complexity index is 1260. The lowest BCUT2D eigenvalue weighted by molar-refractivity contribution is -0.115. The van der Waals surface area contributed by atoms with Gasteiger partial charge >= 0.3 is 0 Å². The first-order valence-corrected chi connectivity index (χ1v) is 11.9. The van der Waals surface area contributed by atoms with Gasteiger partial charge in [-0.1, -0.05) is 17.7 Å². The van der Waals surface area contributed by atoms with Gasteiger partial charge in [0.05, 0.1) is 22.9 Å². The van der Waals surface area contributed by atoms with Crippen LogP contribution in [0.3, 0.4) is 0 Å². The molecule has 1 saturated heterocycles. The summed E-state index contributed by atoms with van der Waals surface area (Å²) in [7, 11) is 0. The summed E-state index contributed by atoms with van der Waals surface area (Å²) in [4.78, 5) is 17.8. The predicted octanol–water partition coefficient (Wildman–Crippen LogP) is 6.31. The van der Waals surface area contributed by atoms with E-state index in [4.69, 9.17) is 4.74 Å². The first-order chi connectivity index (χ1) is 15.8. The number of hydrogen-bond donors (Lipinski definition) is 1. The van der Waals surface area contributed by atoms with Crippen molar-refractivity contribution in [3.8, 4) is 11.4 Å². The zero-order chi connectivity index (χ0) is 23.7. The Morgan fingerprint density at radius 3 is 2.33 bits per heavy atom. The first kappa shape index (κ1) is 22.9. The number of aromatic nitrogens is 1. The van der Waals surface area contributed by atoms with Gasteiger partial charge in [-0.15, -0.1) is 0 Å². The summed E-state index contributed by atoms with van der Waals surface area (Å²) in [6.07, 6.45) is 1.96. The molecule has 0 saturated carbocycles. The fourth-order valence-corrected chi connectivity index (χ4v) is 5.16. The molecule has 2 aromatic carbocycles. The molecule has 0 spiro atoms. The fraction of sp³-hybridized carbons (Fsp3) is 0.259. The minimum absolute atomic E-state index is 0.128. The van der Waals surface area contributed by atoms with Gasteiger partial charge in [0.2, 0.25) is 0 Å². The van der Waals surface area contributed by atoms with Gasteiger partial charge in [0.1, 0.15) is 5.75 Å². The smallest absolute Gasteiger partial charge is 0.264 e. The van der Waals surface area contributed by atoms with Crippen molar-refractivity contribution in [1.82, 2.24) is 9.88 Å². The maximum atomic E-state index is 12.6. The molecule has 1 aliphatic rings. The zero-order valence-corrected chi connectivity index (χ0v) is 20.8. The van der Waals surface area contributed by atoms with Crippen LogP contribution >= 0.6 is 11.8 Å². The van der Waals surface area contributed by atoms with Gasteiger partial charge in [0.25, 0.3) is 5.91 Å². The van der Waals surface area contributed by atoms with Crippen molar-refractivity contribution in [3.63, 3.8) is 0 Å². The molecule has 1 N–H and O–H groups in total. The highest BCUT2D eigenvalue weighted by atomic mass is 32.2. The lowest BCUT2D eigenvalue weighted by Gasteiger charge is -2.17. The topological polar surface area (TPSA) is 55.6 Å². The van der Waals surface area contributed by atoms with E-state index < -0.39 is 0 Å². The van der Waals surface area contributed by atoms with E-state index in [9.17, 15) is 4.79 Å². The zero-order valence-electron chi connectivity index (χ0n) is 19.9. The highest BCUT2D eigenvalue weighted by Crippen LogP contribution is 2.32. The van der Waals surface area contributed by atoms with E-state index in [1.807, 2.05) is 37.3 Å². The molecule has 1 aliphatic heterocycles. The summed E-state index contributed by atoms with van der Waals surface area (Å²) < 4.78 is 7.75. The van der Waals surface area contributed by atoms with Crippen LogP contribution in [0, 0.1) is 34.6 Å². The monoisotopic (exact) mass is 459 g/mol.